The lowest BCUT2D eigenvalue weighted by Crippen LogP contribution is -2.48. The van der Waals surface area contributed by atoms with Crippen molar-refractivity contribution in [1.29, 1.82) is 0 Å². The summed E-state index contributed by atoms with van der Waals surface area (Å²) in [6.45, 7) is 6.42. The summed E-state index contributed by atoms with van der Waals surface area (Å²) in [7, 11) is -4.26. The molecule has 7 N–H and O–H groups in total. The van der Waals surface area contributed by atoms with E-state index in [1.54, 1.807) is 0 Å². The number of rotatable bonds is 21. The Balaban J connectivity index is 0.000000247. The number of piperidine rings is 2. The number of aliphatic hydroxyl groups is 1. The van der Waals surface area contributed by atoms with Crippen LogP contribution in [0.5, 0.6) is 11.5 Å². The van der Waals surface area contributed by atoms with Gasteiger partial charge in [-0.15, -0.1) is 11.6 Å². The first-order valence-electron chi connectivity index (χ1n) is 23.8. The van der Waals surface area contributed by atoms with Gasteiger partial charge in [-0.1, -0.05) is 0 Å². The molecule has 0 bridgehead atoms. The summed E-state index contributed by atoms with van der Waals surface area (Å²) in [6, 6.07) is 3.78. The number of ether oxygens (including phenoxy) is 2. The molecule has 7 rings (SSSR count). The number of alkyl halides is 1. The van der Waals surface area contributed by atoms with Crippen LogP contribution < -0.4 is 31.6 Å². The fraction of sp³-hybridized carbons (Fsp3) is 0.522. The van der Waals surface area contributed by atoms with Crippen molar-refractivity contribution in [3.05, 3.63) is 82.2 Å². The highest BCUT2D eigenvalue weighted by atomic mass is 35.5. The summed E-state index contributed by atoms with van der Waals surface area (Å²) in [5, 5.41) is 15.2. The molecule has 74 heavy (non-hydrogen) atoms. The topological polar surface area (TPSA) is 282 Å². The third-order valence-corrected chi connectivity index (χ3v) is 17.0. The first kappa shape index (κ1) is 57.7. The minimum atomic E-state index is -3.38. The third kappa shape index (κ3) is 14.6. The van der Waals surface area contributed by atoms with Gasteiger partial charge in [0.1, 0.15) is 34.3 Å². The second-order valence-corrected chi connectivity index (χ2v) is 22.1. The van der Waals surface area contributed by atoms with E-state index in [9.17, 15) is 44.0 Å². The number of aromatic nitrogens is 4. The minimum absolute atomic E-state index is 0.0143. The molecule has 0 unspecified atom stereocenters. The van der Waals surface area contributed by atoms with Gasteiger partial charge >= 0.3 is 0 Å². The van der Waals surface area contributed by atoms with Crippen LogP contribution in [-0.2, 0) is 20.0 Å². The number of nitrogens with two attached hydrogens (primary N) is 2. The van der Waals surface area contributed by atoms with Gasteiger partial charge in [0, 0.05) is 89.3 Å². The van der Waals surface area contributed by atoms with E-state index in [4.69, 9.17) is 37.6 Å². The van der Waals surface area contributed by atoms with Gasteiger partial charge in [0.2, 0.25) is 43.5 Å². The zero-order valence-electron chi connectivity index (χ0n) is 40.9. The summed E-state index contributed by atoms with van der Waals surface area (Å²) in [6.07, 6.45) is 5.33. The Labute approximate surface area is 432 Å². The lowest BCUT2D eigenvalue weighted by molar-refractivity contribution is 0.102. The number of benzene rings is 2. The van der Waals surface area contributed by atoms with Gasteiger partial charge in [0.05, 0.1) is 43.5 Å². The van der Waals surface area contributed by atoms with Crippen molar-refractivity contribution in [2.24, 2.45) is 0 Å². The second kappa shape index (κ2) is 26.3. The van der Waals surface area contributed by atoms with Gasteiger partial charge in [-0.3, -0.25) is 14.5 Å². The maximum absolute atomic E-state index is 14.4. The quantitative estimate of drug-likeness (QED) is 0.0455. The molecule has 0 amide bonds. The van der Waals surface area contributed by atoms with Crippen molar-refractivity contribution in [3.63, 3.8) is 0 Å². The van der Waals surface area contributed by atoms with Crippen molar-refractivity contribution >= 4 is 66.7 Å². The Bertz CT molecular complexity index is 2820. The van der Waals surface area contributed by atoms with Crippen LogP contribution in [-0.4, -0.2) is 188 Å². The number of nitrogens with one attached hydrogen (secondary N) is 2. The molecule has 3 fully saturated rings. The first-order chi connectivity index (χ1) is 35.3. The number of hydrogen-bond donors (Lipinski definition) is 5. The Kier molecular flexibility index (Phi) is 20.5. The standard InChI is InChI=1S/C26H37F2N7O5S.C20H24ClF2N5O4S/c1-40-21-4-3-20(27)23(28)22(21)24(37)19-17-30-26(32-25(19)29)31-18-5-8-35(9-6-18)41(38,39)16-2-7-33-10-12-34(13-11-33)14-15-36;1-32-15-4-3-14(22)17(23)16(15)18(29)13-11-25-20(27-19(13)24)26-12-5-8-28(9-6-12)33(30,31)10-2-7-21/h3-4,17-18,36H,2,5-16H2,1H3,(H3,29,30,31,32);3-4,11-12H,2,5-10H2,1H3,(H3,24,25,26,27). The molecule has 3 aliphatic rings. The summed E-state index contributed by atoms with van der Waals surface area (Å²) < 4.78 is 119. The molecule has 0 atom stereocenters. The molecule has 2 aromatic heterocycles. The van der Waals surface area contributed by atoms with E-state index in [1.165, 1.54) is 22.8 Å². The summed E-state index contributed by atoms with van der Waals surface area (Å²) >= 11 is 5.59. The zero-order valence-corrected chi connectivity index (χ0v) is 43.3. The molecule has 28 heteroatoms. The van der Waals surface area contributed by atoms with E-state index in [-0.39, 0.29) is 82.2 Å². The van der Waals surface area contributed by atoms with E-state index in [0.29, 0.717) is 71.2 Å². The van der Waals surface area contributed by atoms with Gasteiger partial charge in [0.25, 0.3) is 0 Å². The zero-order chi connectivity index (χ0) is 53.7. The van der Waals surface area contributed by atoms with Crippen LogP contribution in [0, 0.1) is 23.3 Å². The Morgan fingerprint density at radius 3 is 1.42 bits per heavy atom. The number of β-amino-alcohol motifs (C(OH)–C–C–N with tert-alkyl or cyclic N) is 1. The molecule has 3 saturated heterocycles. The fourth-order valence-corrected chi connectivity index (χ4v) is 12.0. The van der Waals surface area contributed by atoms with Gasteiger partial charge < -0.3 is 41.6 Å². The fourth-order valence-electron chi connectivity index (χ4n) is 8.64. The van der Waals surface area contributed by atoms with Crippen LogP contribution in [0.3, 0.4) is 0 Å². The Morgan fingerprint density at radius 1 is 0.662 bits per heavy atom. The number of aliphatic hydroxyl groups excluding tert-OH is 1. The number of nitrogen functional groups attached to an aromatic ring is 2. The number of hydrogen-bond acceptors (Lipinski definition) is 19. The second-order valence-electron chi connectivity index (χ2n) is 17.6. The number of carbonyl (C=O) groups excluding carboxylic acids is 2. The first-order valence-corrected chi connectivity index (χ1v) is 27.5. The third-order valence-electron chi connectivity index (χ3n) is 12.8. The van der Waals surface area contributed by atoms with Gasteiger partial charge in [0.15, 0.2) is 23.3 Å². The molecule has 0 aliphatic carbocycles. The number of ketones is 2. The molecule has 0 saturated carbocycles. The predicted octanol–water partition coefficient (Wildman–Crippen LogP) is 3.19. The highest BCUT2D eigenvalue weighted by molar-refractivity contribution is 7.89. The van der Waals surface area contributed by atoms with E-state index in [2.05, 4.69) is 40.4 Å². The summed E-state index contributed by atoms with van der Waals surface area (Å²) in [5.41, 5.74) is 10.3. The number of halogens is 5. The van der Waals surface area contributed by atoms with Crippen molar-refractivity contribution < 1.29 is 58.6 Å². The van der Waals surface area contributed by atoms with Crippen molar-refractivity contribution in [2.45, 2.75) is 50.6 Å². The van der Waals surface area contributed by atoms with E-state index < -0.39 is 66.0 Å². The number of anilines is 4. The van der Waals surface area contributed by atoms with Crippen LogP contribution in [0.4, 0.5) is 41.1 Å². The predicted molar refractivity (Wildman–Crippen MR) is 270 cm³/mol. The highest BCUT2D eigenvalue weighted by Crippen LogP contribution is 2.30. The lowest BCUT2D eigenvalue weighted by Gasteiger charge is -2.34. The van der Waals surface area contributed by atoms with Crippen molar-refractivity contribution in [3.8, 4) is 11.5 Å². The van der Waals surface area contributed by atoms with E-state index in [0.717, 1.165) is 69.4 Å². The van der Waals surface area contributed by atoms with Crippen LogP contribution in [0.1, 0.15) is 70.4 Å². The van der Waals surface area contributed by atoms with Gasteiger partial charge in [-0.25, -0.2) is 53.0 Å². The molecule has 21 nitrogen and oxygen atoms in total. The summed E-state index contributed by atoms with van der Waals surface area (Å²) in [5.74, 6) is -6.98. The number of nitrogens with zero attached hydrogens (tertiary/aromatic N) is 8. The maximum atomic E-state index is 14.4. The normalized spacial score (nSPS) is 16.8. The average molecular weight is 1100 g/mol. The molecule has 0 spiro atoms. The molecular formula is C46H61ClF4N12O9S2. The lowest BCUT2D eigenvalue weighted by atomic mass is 10.0. The van der Waals surface area contributed by atoms with Gasteiger partial charge in [-0.2, -0.15) is 9.97 Å². The average Bonchev–Trinajstić information content (AvgIpc) is 3.38. The van der Waals surface area contributed by atoms with Crippen molar-refractivity contribution in [2.75, 3.05) is 126 Å². The van der Waals surface area contributed by atoms with Crippen LogP contribution in [0.25, 0.3) is 0 Å². The summed E-state index contributed by atoms with van der Waals surface area (Å²) in [4.78, 5) is 46.5. The number of sulfonamides is 2. The van der Waals surface area contributed by atoms with E-state index >= 15 is 0 Å². The molecule has 5 heterocycles. The van der Waals surface area contributed by atoms with Gasteiger partial charge in [-0.05, 0) is 69.3 Å². The monoisotopic (exact) mass is 1100 g/mol. The number of methoxy groups -OCH3 is 2. The molecule has 2 aromatic carbocycles. The Hall–Kier alpha value is -5.55. The molecule has 3 aliphatic heterocycles. The van der Waals surface area contributed by atoms with Crippen LogP contribution in [0.2, 0.25) is 0 Å². The molecule has 4 aromatic rings. The Morgan fingerprint density at radius 2 is 1.05 bits per heavy atom. The molecular weight excluding hydrogens is 1040 g/mol. The highest BCUT2D eigenvalue weighted by Gasteiger charge is 2.32. The minimum Gasteiger partial charge on any atom is -0.496 e. The van der Waals surface area contributed by atoms with Crippen LogP contribution in [0.15, 0.2) is 36.7 Å². The molecule has 406 valence electrons. The number of piperazine rings is 1. The smallest absolute Gasteiger partial charge is 0.224 e. The largest absolute Gasteiger partial charge is 0.496 e. The van der Waals surface area contributed by atoms with Crippen molar-refractivity contribution in [1.82, 2.24) is 38.3 Å². The molecule has 0 radical (unpaired) electrons. The van der Waals surface area contributed by atoms with Crippen LogP contribution >= 0.6 is 11.6 Å². The maximum Gasteiger partial charge on any atom is 0.224 e. The SMILES string of the molecule is COc1ccc(F)c(F)c1C(=O)c1cnc(NC2CCN(S(=O)(=O)CCCCl)CC2)nc1N.COc1ccc(F)c(F)c1C(=O)c1cnc(NC2CCN(S(=O)(=O)CCCN3CCN(CCO)CC3)CC2)nc1N. The number of carbonyl (C=O) groups is 2. The van der Waals surface area contributed by atoms with E-state index in [1.807, 2.05) is 0 Å².